The first-order valence-corrected chi connectivity index (χ1v) is 6.56. The number of rotatable bonds is 8. The maximum atomic E-state index is 11.9. The third kappa shape index (κ3) is 5.36. The van der Waals surface area contributed by atoms with Crippen LogP contribution in [0.2, 0.25) is 0 Å². The van der Waals surface area contributed by atoms with E-state index in [1.165, 1.54) is 18.2 Å². The van der Waals surface area contributed by atoms with Crippen LogP contribution < -0.4 is 16.6 Å². The summed E-state index contributed by atoms with van der Waals surface area (Å²) in [7, 11) is 0. The second-order valence-corrected chi connectivity index (χ2v) is 4.86. The van der Waals surface area contributed by atoms with Crippen LogP contribution in [0.1, 0.15) is 24.2 Å². The van der Waals surface area contributed by atoms with Crippen LogP contribution in [0, 0.1) is 16.0 Å². The van der Waals surface area contributed by atoms with Crippen LogP contribution in [-0.4, -0.2) is 30.6 Å². The van der Waals surface area contributed by atoms with Crippen LogP contribution >= 0.6 is 0 Å². The van der Waals surface area contributed by atoms with Crippen LogP contribution in [0.3, 0.4) is 0 Å². The maximum Gasteiger partial charge on any atom is 0.293 e. The summed E-state index contributed by atoms with van der Waals surface area (Å²) in [6, 6.07) is 3.95. The Morgan fingerprint density at radius 2 is 2.19 bits per heavy atom. The molecular formula is C13H20N4O4. The lowest BCUT2D eigenvalue weighted by molar-refractivity contribution is -0.384. The average molecular weight is 296 g/mol. The molecule has 1 rings (SSSR count). The Bertz CT molecular complexity index is 505. The molecule has 1 amide bonds. The molecule has 0 heterocycles. The van der Waals surface area contributed by atoms with E-state index in [9.17, 15) is 14.9 Å². The predicted molar refractivity (Wildman–Crippen MR) is 78.9 cm³/mol. The van der Waals surface area contributed by atoms with Gasteiger partial charge in [0.15, 0.2) is 0 Å². The molecule has 8 heteroatoms. The van der Waals surface area contributed by atoms with Crippen molar-refractivity contribution in [2.45, 2.75) is 13.8 Å². The fourth-order valence-corrected chi connectivity index (χ4v) is 1.61. The number of nitrogen functional groups attached to an aromatic ring is 1. The number of nitrogens with one attached hydrogen (secondary N) is 2. The SMILES string of the molecule is CC(C)COCCNC(=O)c1ccc([N+](=O)[O-])c(NN)c1. The first-order chi connectivity index (χ1) is 9.95. The number of ether oxygens (including phenoxy) is 1. The van der Waals surface area contributed by atoms with Gasteiger partial charge >= 0.3 is 0 Å². The second-order valence-electron chi connectivity index (χ2n) is 4.86. The van der Waals surface area contributed by atoms with E-state index in [-0.39, 0.29) is 22.8 Å². The molecule has 0 bridgehead atoms. The number of nitrogens with zero attached hydrogens (tertiary/aromatic N) is 1. The van der Waals surface area contributed by atoms with E-state index in [0.29, 0.717) is 25.7 Å². The van der Waals surface area contributed by atoms with Crippen LogP contribution in [0.25, 0.3) is 0 Å². The van der Waals surface area contributed by atoms with Crippen LogP contribution in [0.4, 0.5) is 11.4 Å². The topological polar surface area (TPSA) is 120 Å². The highest BCUT2D eigenvalue weighted by atomic mass is 16.6. The van der Waals surface area contributed by atoms with Gasteiger partial charge in [0.1, 0.15) is 5.69 Å². The van der Waals surface area contributed by atoms with Crippen molar-refractivity contribution in [3.63, 3.8) is 0 Å². The molecule has 0 aromatic heterocycles. The largest absolute Gasteiger partial charge is 0.379 e. The molecule has 0 saturated carbocycles. The number of benzene rings is 1. The summed E-state index contributed by atoms with van der Waals surface area (Å²) in [5, 5.41) is 13.4. The predicted octanol–water partition coefficient (Wildman–Crippen LogP) is 1.28. The lowest BCUT2D eigenvalue weighted by Gasteiger charge is -2.09. The fraction of sp³-hybridized carbons (Fsp3) is 0.462. The van der Waals surface area contributed by atoms with Crippen molar-refractivity contribution < 1.29 is 14.5 Å². The summed E-state index contributed by atoms with van der Waals surface area (Å²) in [6.07, 6.45) is 0. The van der Waals surface area contributed by atoms with Gasteiger partial charge in [-0.25, -0.2) is 0 Å². The number of hydrazine groups is 1. The number of hydrogen-bond donors (Lipinski definition) is 3. The molecule has 0 atom stereocenters. The highest BCUT2D eigenvalue weighted by Gasteiger charge is 2.15. The van der Waals surface area contributed by atoms with Crippen LogP contribution in [-0.2, 0) is 4.74 Å². The Balaban J connectivity index is 2.56. The molecule has 1 aromatic rings. The van der Waals surface area contributed by atoms with E-state index < -0.39 is 4.92 Å². The Kier molecular flexibility index (Phi) is 6.57. The summed E-state index contributed by atoms with van der Waals surface area (Å²) in [5.74, 6) is 5.32. The summed E-state index contributed by atoms with van der Waals surface area (Å²) >= 11 is 0. The summed E-state index contributed by atoms with van der Waals surface area (Å²) < 4.78 is 5.34. The number of hydrogen-bond acceptors (Lipinski definition) is 6. The van der Waals surface area contributed by atoms with Crippen LogP contribution in [0.15, 0.2) is 18.2 Å². The number of amides is 1. The Hall–Kier alpha value is -2.19. The van der Waals surface area contributed by atoms with Gasteiger partial charge in [0, 0.05) is 24.8 Å². The highest BCUT2D eigenvalue weighted by molar-refractivity contribution is 5.95. The monoisotopic (exact) mass is 296 g/mol. The van der Waals surface area contributed by atoms with Gasteiger partial charge < -0.3 is 15.5 Å². The van der Waals surface area contributed by atoms with Gasteiger partial charge in [-0.3, -0.25) is 20.8 Å². The minimum atomic E-state index is -0.573. The molecule has 0 aliphatic rings. The van der Waals surface area contributed by atoms with Gasteiger partial charge in [0.25, 0.3) is 11.6 Å². The smallest absolute Gasteiger partial charge is 0.293 e. The number of carbonyl (C=O) groups is 1. The number of nitro benzene ring substituents is 1. The quantitative estimate of drug-likeness (QED) is 0.288. The maximum absolute atomic E-state index is 11.9. The third-order valence-electron chi connectivity index (χ3n) is 2.59. The second kappa shape index (κ2) is 8.18. The van der Waals surface area contributed by atoms with E-state index in [4.69, 9.17) is 10.6 Å². The zero-order valence-electron chi connectivity index (χ0n) is 12.1. The standard InChI is InChI=1S/C13H20N4O4/c1-9(2)8-21-6-5-15-13(18)10-3-4-12(17(19)20)11(7-10)16-14/h3-4,7,9,16H,5-6,8,14H2,1-2H3,(H,15,18). The molecule has 4 N–H and O–H groups in total. The van der Waals surface area contributed by atoms with Crippen molar-refractivity contribution >= 4 is 17.3 Å². The molecule has 0 spiro atoms. The lowest BCUT2D eigenvalue weighted by atomic mass is 10.1. The number of carbonyl (C=O) groups excluding carboxylic acids is 1. The zero-order chi connectivity index (χ0) is 15.8. The summed E-state index contributed by atoms with van der Waals surface area (Å²) in [6.45, 7) is 5.50. The molecule has 8 nitrogen and oxygen atoms in total. The van der Waals surface area contributed by atoms with Crippen molar-refractivity contribution in [2.75, 3.05) is 25.2 Å². The molecule has 116 valence electrons. The normalized spacial score (nSPS) is 10.5. The van der Waals surface area contributed by atoms with Crippen molar-refractivity contribution in [1.29, 1.82) is 0 Å². The van der Waals surface area contributed by atoms with Crippen molar-refractivity contribution in [3.05, 3.63) is 33.9 Å². The minimum absolute atomic E-state index is 0.0868. The average Bonchev–Trinajstić information content (AvgIpc) is 2.45. The zero-order valence-corrected chi connectivity index (χ0v) is 12.1. The van der Waals surface area contributed by atoms with Crippen LogP contribution in [0.5, 0.6) is 0 Å². The van der Waals surface area contributed by atoms with Crippen molar-refractivity contribution in [2.24, 2.45) is 11.8 Å². The molecule has 0 fully saturated rings. The first-order valence-electron chi connectivity index (χ1n) is 6.56. The number of nitrogens with two attached hydrogens (primary N) is 1. The van der Waals surface area contributed by atoms with Gasteiger partial charge in [0.05, 0.1) is 11.5 Å². The van der Waals surface area contributed by atoms with Gasteiger partial charge in [-0.05, 0) is 18.1 Å². The van der Waals surface area contributed by atoms with E-state index in [1.54, 1.807) is 0 Å². The fourth-order valence-electron chi connectivity index (χ4n) is 1.61. The number of anilines is 1. The molecule has 0 unspecified atom stereocenters. The third-order valence-corrected chi connectivity index (χ3v) is 2.59. The molecular weight excluding hydrogens is 276 g/mol. The van der Waals surface area contributed by atoms with Gasteiger partial charge in [0.2, 0.25) is 0 Å². The molecule has 21 heavy (non-hydrogen) atoms. The Morgan fingerprint density at radius 1 is 1.48 bits per heavy atom. The summed E-state index contributed by atoms with van der Waals surface area (Å²) in [5.41, 5.74) is 2.40. The van der Waals surface area contributed by atoms with Crippen molar-refractivity contribution in [1.82, 2.24) is 5.32 Å². The van der Waals surface area contributed by atoms with E-state index in [0.717, 1.165) is 0 Å². The van der Waals surface area contributed by atoms with E-state index in [1.807, 2.05) is 13.8 Å². The molecule has 0 aliphatic heterocycles. The molecule has 0 saturated heterocycles. The van der Waals surface area contributed by atoms with Gasteiger partial charge in [-0.15, -0.1) is 0 Å². The van der Waals surface area contributed by atoms with Gasteiger partial charge in [-0.1, -0.05) is 13.8 Å². The Morgan fingerprint density at radius 3 is 2.76 bits per heavy atom. The molecule has 0 aliphatic carbocycles. The van der Waals surface area contributed by atoms with E-state index in [2.05, 4.69) is 10.7 Å². The Labute approximate surface area is 122 Å². The van der Waals surface area contributed by atoms with Gasteiger partial charge in [-0.2, -0.15) is 0 Å². The molecule has 0 radical (unpaired) electrons. The minimum Gasteiger partial charge on any atom is -0.379 e. The van der Waals surface area contributed by atoms with Crippen molar-refractivity contribution in [3.8, 4) is 0 Å². The summed E-state index contributed by atoms with van der Waals surface area (Å²) in [4.78, 5) is 22.1. The highest BCUT2D eigenvalue weighted by Crippen LogP contribution is 2.24. The number of nitro groups is 1. The first kappa shape index (κ1) is 16.9. The lowest BCUT2D eigenvalue weighted by Crippen LogP contribution is -2.27. The van der Waals surface area contributed by atoms with E-state index >= 15 is 0 Å². The molecule has 1 aromatic carbocycles.